The molecule has 0 bridgehead atoms. The molecule has 1 aromatic heterocycles. The number of urea groups is 1. The largest absolute Gasteiger partial charge is 0.480 e. The van der Waals surface area contributed by atoms with Crippen LogP contribution in [0.5, 0.6) is 5.75 Å². The Bertz CT molecular complexity index is 806. The molecule has 0 unspecified atom stereocenters. The number of rotatable bonds is 9. The van der Waals surface area contributed by atoms with Crippen LogP contribution in [0.4, 0.5) is 4.79 Å². The van der Waals surface area contributed by atoms with Crippen molar-refractivity contribution in [1.82, 2.24) is 20.4 Å². The summed E-state index contributed by atoms with van der Waals surface area (Å²) < 4.78 is 16.6. The Morgan fingerprint density at radius 3 is 2.61 bits per heavy atom. The van der Waals surface area contributed by atoms with Crippen molar-refractivity contribution in [2.75, 3.05) is 33.5 Å². The summed E-state index contributed by atoms with van der Waals surface area (Å²) in [7, 11) is 1.50. The van der Waals surface area contributed by atoms with E-state index in [1.807, 2.05) is 18.2 Å². The molecule has 0 atom stereocenters. The molecule has 0 saturated heterocycles. The van der Waals surface area contributed by atoms with Crippen molar-refractivity contribution in [3.63, 3.8) is 0 Å². The molecular formula is C18H22N4O6. The van der Waals surface area contributed by atoms with E-state index < -0.39 is 24.5 Å². The van der Waals surface area contributed by atoms with Gasteiger partial charge in [0.25, 0.3) is 5.91 Å². The number of carbonyl (C=O) groups excluding carboxylic acids is 3. The van der Waals surface area contributed by atoms with E-state index in [0.717, 1.165) is 0 Å². The minimum absolute atomic E-state index is 0.0666. The van der Waals surface area contributed by atoms with Gasteiger partial charge in [0, 0.05) is 13.7 Å². The van der Waals surface area contributed by atoms with Crippen molar-refractivity contribution in [3.8, 4) is 11.4 Å². The Morgan fingerprint density at radius 2 is 1.93 bits per heavy atom. The maximum atomic E-state index is 12.1. The summed E-state index contributed by atoms with van der Waals surface area (Å²) in [6.45, 7) is 1.93. The summed E-state index contributed by atoms with van der Waals surface area (Å²) in [6, 6.07) is 8.40. The normalized spacial score (nSPS) is 10.2. The van der Waals surface area contributed by atoms with Crippen LogP contribution in [-0.2, 0) is 14.3 Å². The molecule has 10 heteroatoms. The number of aromatic nitrogens is 2. The molecule has 3 amide bonds. The second-order valence-corrected chi connectivity index (χ2v) is 5.43. The Hall–Kier alpha value is -3.40. The minimum atomic E-state index is -0.683. The maximum absolute atomic E-state index is 12.1. The number of nitrogens with zero attached hydrogens (tertiary/aromatic N) is 2. The Balaban J connectivity index is 2.04. The average molecular weight is 390 g/mol. The number of imide groups is 1. The van der Waals surface area contributed by atoms with Crippen molar-refractivity contribution in [1.29, 1.82) is 0 Å². The predicted octanol–water partition coefficient (Wildman–Crippen LogP) is 0.900. The van der Waals surface area contributed by atoms with Gasteiger partial charge in [-0.1, -0.05) is 18.2 Å². The number of esters is 1. The molecule has 0 saturated carbocycles. The van der Waals surface area contributed by atoms with Gasteiger partial charge in [0.05, 0.1) is 25.1 Å². The van der Waals surface area contributed by atoms with Gasteiger partial charge in [0.2, 0.25) is 5.69 Å². The lowest BCUT2D eigenvalue weighted by Crippen LogP contribution is -2.42. The summed E-state index contributed by atoms with van der Waals surface area (Å²) >= 11 is 0. The number of ether oxygens (including phenoxy) is 3. The van der Waals surface area contributed by atoms with Gasteiger partial charge in [-0.2, -0.15) is 5.10 Å². The van der Waals surface area contributed by atoms with E-state index in [0.29, 0.717) is 12.3 Å². The van der Waals surface area contributed by atoms with Crippen molar-refractivity contribution >= 4 is 17.9 Å². The molecule has 28 heavy (non-hydrogen) atoms. The molecule has 0 spiro atoms. The molecule has 2 N–H and O–H groups in total. The summed E-state index contributed by atoms with van der Waals surface area (Å²) in [5.74, 6) is -1.29. The van der Waals surface area contributed by atoms with Gasteiger partial charge in [-0.3, -0.25) is 10.1 Å². The van der Waals surface area contributed by atoms with Crippen LogP contribution >= 0.6 is 0 Å². The molecule has 150 valence electrons. The molecule has 0 fully saturated rings. The van der Waals surface area contributed by atoms with E-state index in [4.69, 9.17) is 14.2 Å². The number of amides is 3. The fraction of sp³-hybridized carbons (Fsp3) is 0.333. The quantitative estimate of drug-likeness (QED) is 0.482. The SMILES string of the molecule is CCOC(=O)c1nn(-c2ccccc2)cc1OCC(=O)NC(=O)NCCOC. The highest BCUT2D eigenvalue weighted by Crippen LogP contribution is 2.20. The number of hydrogen-bond acceptors (Lipinski definition) is 7. The van der Waals surface area contributed by atoms with Gasteiger partial charge < -0.3 is 19.5 Å². The lowest BCUT2D eigenvalue weighted by atomic mass is 10.3. The van der Waals surface area contributed by atoms with Gasteiger partial charge in [-0.15, -0.1) is 0 Å². The molecule has 0 radical (unpaired) electrons. The fourth-order valence-corrected chi connectivity index (χ4v) is 2.13. The van der Waals surface area contributed by atoms with Gasteiger partial charge in [-0.25, -0.2) is 14.3 Å². The second-order valence-electron chi connectivity index (χ2n) is 5.43. The maximum Gasteiger partial charge on any atom is 0.362 e. The first-order chi connectivity index (χ1) is 13.5. The van der Waals surface area contributed by atoms with E-state index in [1.165, 1.54) is 18.0 Å². The first kappa shape index (κ1) is 20.9. The number of hydrogen-bond donors (Lipinski definition) is 2. The summed E-state index contributed by atoms with van der Waals surface area (Å²) in [6.07, 6.45) is 1.47. The van der Waals surface area contributed by atoms with E-state index in [1.54, 1.807) is 19.1 Å². The standard InChI is InChI=1S/C18H22N4O6/c1-3-27-17(24)16-14(11-22(21-16)13-7-5-4-6-8-13)28-12-15(23)20-18(25)19-9-10-26-2/h4-8,11H,3,9-10,12H2,1-2H3,(H2,19,20,23,25). The fourth-order valence-electron chi connectivity index (χ4n) is 2.13. The summed E-state index contributed by atoms with van der Waals surface area (Å²) in [4.78, 5) is 35.5. The van der Waals surface area contributed by atoms with Gasteiger partial charge in [0.15, 0.2) is 12.4 Å². The van der Waals surface area contributed by atoms with Crippen LogP contribution in [0.25, 0.3) is 5.69 Å². The van der Waals surface area contributed by atoms with Crippen LogP contribution in [0.1, 0.15) is 17.4 Å². The smallest absolute Gasteiger partial charge is 0.362 e. The molecule has 1 aromatic carbocycles. The Labute approximate surface area is 161 Å². The highest BCUT2D eigenvalue weighted by molar-refractivity contribution is 5.95. The van der Waals surface area contributed by atoms with Crippen LogP contribution in [0.3, 0.4) is 0 Å². The number of nitrogens with one attached hydrogen (secondary N) is 2. The third-order valence-electron chi connectivity index (χ3n) is 3.37. The van der Waals surface area contributed by atoms with Crippen LogP contribution in [0.15, 0.2) is 36.5 Å². The number of carbonyl (C=O) groups is 3. The second kappa shape index (κ2) is 10.7. The zero-order chi connectivity index (χ0) is 20.4. The van der Waals surface area contributed by atoms with Crippen molar-refractivity contribution in [2.24, 2.45) is 0 Å². The molecule has 2 rings (SSSR count). The van der Waals surface area contributed by atoms with Crippen LogP contribution in [-0.4, -0.2) is 61.2 Å². The molecule has 2 aromatic rings. The van der Waals surface area contributed by atoms with Gasteiger partial charge in [-0.05, 0) is 19.1 Å². The summed E-state index contributed by atoms with van der Waals surface area (Å²) in [5.41, 5.74) is 0.632. The van der Waals surface area contributed by atoms with E-state index >= 15 is 0 Å². The predicted molar refractivity (Wildman–Crippen MR) is 98.4 cm³/mol. The van der Waals surface area contributed by atoms with Crippen LogP contribution in [0.2, 0.25) is 0 Å². The average Bonchev–Trinajstić information content (AvgIpc) is 3.12. The molecular weight excluding hydrogens is 368 g/mol. The number of benzene rings is 1. The Morgan fingerprint density at radius 1 is 1.18 bits per heavy atom. The first-order valence-electron chi connectivity index (χ1n) is 8.56. The third-order valence-corrected chi connectivity index (χ3v) is 3.37. The van der Waals surface area contributed by atoms with Crippen LogP contribution in [0, 0.1) is 0 Å². The number of para-hydroxylation sites is 1. The van der Waals surface area contributed by atoms with E-state index in [2.05, 4.69) is 15.7 Å². The highest BCUT2D eigenvalue weighted by Gasteiger charge is 2.21. The van der Waals surface area contributed by atoms with Gasteiger partial charge in [0.1, 0.15) is 0 Å². The lowest BCUT2D eigenvalue weighted by molar-refractivity contribution is -0.122. The first-order valence-corrected chi connectivity index (χ1v) is 8.56. The zero-order valence-corrected chi connectivity index (χ0v) is 15.6. The molecule has 10 nitrogen and oxygen atoms in total. The monoisotopic (exact) mass is 390 g/mol. The van der Waals surface area contributed by atoms with Crippen LogP contribution < -0.4 is 15.4 Å². The highest BCUT2D eigenvalue weighted by atomic mass is 16.5. The number of methoxy groups -OCH3 is 1. The topological polar surface area (TPSA) is 121 Å². The van der Waals surface area contributed by atoms with Crippen molar-refractivity contribution in [2.45, 2.75) is 6.92 Å². The summed E-state index contributed by atoms with van der Waals surface area (Å²) in [5, 5.41) is 8.73. The van der Waals surface area contributed by atoms with E-state index in [-0.39, 0.29) is 24.6 Å². The van der Waals surface area contributed by atoms with Crippen molar-refractivity contribution in [3.05, 3.63) is 42.2 Å². The zero-order valence-electron chi connectivity index (χ0n) is 15.6. The van der Waals surface area contributed by atoms with Crippen molar-refractivity contribution < 1.29 is 28.6 Å². The Kier molecular flexibility index (Phi) is 7.97. The van der Waals surface area contributed by atoms with Gasteiger partial charge >= 0.3 is 12.0 Å². The molecule has 0 aliphatic carbocycles. The third kappa shape index (κ3) is 6.09. The van der Waals surface area contributed by atoms with E-state index in [9.17, 15) is 14.4 Å². The molecule has 0 aliphatic rings. The molecule has 0 aliphatic heterocycles. The molecule has 1 heterocycles. The minimum Gasteiger partial charge on any atom is -0.480 e. The lowest BCUT2D eigenvalue weighted by Gasteiger charge is -2.07.